The van der Waals surface area contributed by atoms with Gasteiger partial charge in [0.15, 0.2) is 0 Å². The number of hydrogen-bond donors (Lipinski definition) is 4. The van der Waals surface area contributed by atoms with Crippen LogP contribution in [0.4, 0.5) is 4.79 Å². The van der Waals surface area contributed by atoms with E-state index in [2.05, 4.69) is 10.6 Å². The summed E-state index contributed by atoms with van der Waals surface area (Å²) in [4.78, 5) is 35.7. The minimum atomic E-state index is -0.548. The van der Waals surface area contributed by atoms with Gasteiger partial charge in [0, 0.05) is 24.3 Å². The highest BCUT2D eigenvalue weighted by atomic mass is 32.1. The standard InChI is InChI=1S/C24H32N2O3.C7H10N2OS/c1-24(2,3)29-23(28)25-18-12-6-11-17-21(27)26-22(19-13-7-4-8-14-19)20-15-9-5-10-16-20;8-6(7(9)10)4-5-2-1-3-11-5/h4-5,7-10,13-16,22H,6,11-12,17-18H2,1-3H3,(H,25,28)(H,26,27);1-3,6H,4,8H2,(H2,9,10). The molecule has 1 heterocycles. The number of benzene rings is 2. The summed E-state index contributed by atoms with van der Waals surface area (Å²) < 4.78 is 5.20. The predicted octanol–water partition coefficient (Wildman–Crippen LogP) is 5.08. The van der Waals surface area contributed by atoms with Gasteiger partial charge in [-0.15, -0.1) is 11.3 Å². The lowest BCUT2D eigenvalue weighted by molar-refractivity contribution is -0.122. The van der Waals surface area contributed by atoms with Crippen molar-refractivity contribution in [1.29, 1.82) is 0 Å². The maximum atomic E-state index is 12.5. The number of nitrogens with two attached hydrogens (primary N) is 2. The summed E-state index contributed by atoms with van der Waals surface area (Å²) in [5.41, 5.74) is 12.1. The molecule has 1 aromatic heterocycles. The molecule has 0 spiro atoms. The Hall–Kier alpha value is -3.69. The molecule has 6 N–H and O–H groups in total. The Bertz CT molecular complexity index is 1110. The van der Waals surface area contributed by atoms with Crippen molar-refractivity contribution < 1.29 is 19.1 Å². The van der Waals surface area contributed by atoms with Crippen LogP contribution >= 0.6 is 11.3 Å². The van der Waals surface area contributed by atoms with E-state index in [1.807, 2.05) is 98.9 Å². The van der Waals surface area contributed by atoms with E-state index in [1.54, 1.807) is 11.3 Å². The first-order valence-corrected chi connectivity index (χ1v) is 14.4. The lowest BCUT2D eigenvalue weighted by atomic mass is 9.98. The van der Waals surface area contributed by atoms with Crippen LogP contribution in [0.25, 0.3) is 0 Å². The van der Waals surface area contributed by atoms with Crippen LogP contribution in [-0.4, -0.2) is 36.1 Å². The van der Waals surface area contributed by atoms with E-state index in [1.165, 1.54) is 0 Å². The monoisotopic (exact) mass is 566 g/mol. The summed E-state index contributed by atoms with van der Waals surface area (Å²) in [6.45, 7) is 6.06. The first-order chi connectivity index (χ1) is 19.0. The fourth-order valence-corrected chi connectivity index (χ4v) is 4.49. The largest absolute Gasteiger partial charge is 0.444 e. The summed E-state index contributed by atoms with van der Waals surface area (Å²) in [5, 5.41) is 7.84. The normalized spacial score (nSPS) is 11.6. The highest BCUT2D eigenvalue weighted by Gasteiger charge is 2.17. The molecule has 40 heavy (non-hydrogen) atoms. The van der Waals surface area contributed by atoms with Gasteiger partial charge in [0.25, 0.3) is 0 Å². The van der Waals surface area contributed by atoms with Crippen molar-refractivity contribution in [3.05, 3.63) is 94.2 Å². The van der Waals surface area contributed by atoms with Crippen molar-refractivity contribution in [2.75, 3.05) is 6.54 Å². The second-order valence-corrected chi connectivity index (χ2v) is 11.4. The number of nitrogens with one attached hydrogen (secondary N) is 2. The zero-order valence-corrected chi connectivity index (χ0v) is 24.4. The Balaban J connectivity index is 0.000000425. The van der Waals surface area contributed by atoms with Gasteiger partial charge in [-0.1, -0.05) is 73.2 Å². The number of rotatable bonds is 12. The molecule has 0 bridgehead atoms. The minimum absolute atomic E-state index is 0.0304. The molecule has 0 radical (unpaired) electrons. The van der Waals surface area contributed by atoms with Crippen LogP contribution in [0.1, 0.15) is 68.5 Å². The summed E-state index contributed by atoms with van der Waals surface area (Å²) in [6.07, 6.45) is 3.06. The minimum Gasteiger partial charge on any atom is -0.444 e. The predicted molar refractivity (Wildman–Crippen MR) is 161 cm³/mol. The van der Waals surface area contributed by atoms with Crippen molar-refractivity contribution >= 4 is 29.2 Å². The van der Waals surface area contributed by atoms with Crippen LogP contribution in [0, 0.1) is 0 Å². The number of amides is 3. The van der Waals surface area contributed by atoms with Gasteiger partial charge in [0.05, 0.1) is 12.1 Å². The van der Waals surface area contributed by atoms with Gasteiger partial charge in [-0.25, -0.2) is 4.79 Å². The molecule has 9 heteroatoms. The molecule has 1 atom stereocenters. The molecular formula is C31H42N4O4S. The van der Waals surface area contributed by atoms with Crippen LogP contribution in [0.3, 0.4) is 0 Å². The molecule has 0 aliphatic rings. The van der Waals surface area contributed by atoms with Crippen LogP contribution in [0.2, 0.25) is 0 Å². The van der Waals surface area contributed by atoms with Crippen LogP contribution < -0.4 is 22.1 Å². The molecule has 8 nitrogen and oxygen atoms in total. The second kappa shape index (κ2) is 17.1. The molecule has 0 aliphatic carbocycles. The molecule has 0 fully saturated rings. The number of hydrogen-bond acceptors (Lipinski definition) is 6. The van der Waals surface area contributed by atoms with Gasteiger partial charge in [0.2, 0.25) is 11.8 Å². The van der Waals surface area contributed by atoms with E-state index in [0.717, 1.165) is 35.3 Å². The molecular weight excluding hydrogens is 524 g/mol. The molecule has 3 rings (SSSR count). The number of ether oxygens (including phenoxy) is 1. The summed E-state index contributed by atoms with van der Waals surface area (Å²) in [7, 11) is 0. The van der Waals surface area contributed by atoms with Crippen molar-refractivity contribution in [3.63, 3.8) is 0 Å². The maximum absolute atomic E-state index is 12.5. The smallest absolute Gasteiger partial charge is 0.407 e. The Morgan fingerprint density at radius 3 is 1.98 bits per heavy atom. The number of thiophene rings is 1. The van der Waals surface area contributed by atoms with Crippen molar-refractivity contribution in [2.45, 2.75) is 70.6 Å². The van der Waals surface area contributed by atoms with Crippen LogP contribution in [0.5, 0.6) is 0 Å². The molecule has 1 unspecified atom stereocenters. The first kappa shape index (κ1) is 32.5. The summed E-state index contributed by atoms with van der Waals surface area (Å²) in [6, 6.07) is 23.1. The summed E-state index contributed by atoms with van der Waals surface area (Å²) >= 11 is 1.58. The highest BCUT2D eigenvalue weighted by molar-refractivity contribution is 7.09. The van der Waals surface area contributed by atoms with Crippen molar-refractivity contribution in [1.82, 2.24) is 10.6 Å². The number of alkyl carbamates (subject to hydrolysis) is 1. The third-order valence-electron chi connectivity index (χ3n) is 5.69. The lowest BCUT2D eigenvalue weighted by Crippen LogP contribution is -2.37. The highest BCUT2D eigenvalue weighted by Crippen LogP contribution is 2.22. The number of unbranched alkanes of at least 4 members (excludes halogenated alkanes) is 2. The van der Waals surface area contributed by atoms with Crippen molar-refractivity contribution in [3.8, 4) is 0 Å². The number of carbonyl (C=O) groups is 3. The van der Waals surface area contributed by atoms with Gasteiger partial charge in [0.1, 0.15) is 5.60 Å². The molecule has 2 aromatic carbocycles. The Morgan fingerprint density at radius 1 is 0.875 bits per heavy atom. The van der Waals surface area contributed by atoms with Crippen LogP contribution in [-0.2, 0) is 20.7 Å². The van der Waals surface area contributed by atoms with E-state index in [9.17, 15) is 14.4 Å². The Labute approximate surface area is 241 Å². The number of carbonyl (C=O) groups excluding carboxylic acids is 3. The van der Waals surface area contributed by atoms with Gasteiger partial charge in [-0.2, -0.15) is 0 Å². The van der Waals surface area contributed by atoms with E-state index < -0.39 is 23.6 Å². The topological polar surface area (TPSA) is 137 Å². The van der Waals surface area contributed by atoms with Gasteiger partial charge >= 0.3 is 6.09 Å². The SMILES string of the molecule is CC(C)(C)OC(=O)NCCCCCC(=O)NC(c1ccccc1)c1ccccc1.NC(=O)C(N)Cc1cccs1. The second-order valence-electron chi connectivity index (χ2n) is 10.4. The molecule has 0 saturated heterocycles. The van der Waals surface area contributed by atoms with E-state index in [4.69, 9.17) is 16.2 Å². The van der Waals surface area contributed by atoms with Gasteiger partial charge in [-0.3, -0.25) is 9.59 Å². The Morgan fingerprint density at radius 2 is 1.48 bits per heavy atom. The zero-order valence-electron chi connectivity index (χ0n) is 23.6. The van der Waals surface area contributed by atoms with E-state index in [-0.39, 0.29) is 11.9 Å². The third-order valence-corrected chi connectivity index (χ3v) is 6.59. The fraction of sp³-hybridized carbons (Fsp3) is 0.387. The van der Waals surface area contributed by atoms with Gasteiger partial charge in [-0.05, 0) is 56.2 Å². The molecule has 3 amide bonds. The molecule has 0 saturated carbocycles. The van der Waals surface area contributed by atoms with E-state index in [0.29, 0.717) is 19.4 Å². The third kappa shape index (κ3) is 13.4. The maximum Gasteiger partial charge on any atom is 0.407 e. The van der Waals surface area contributed by atoms with Crippen molar-refractivity contribution in [2.24, 2.45) is 11.5 Å². The average Bonchev–Trinajstić information content (AvgIpc) is 3.42. The molecule has 0 aliphatic heterocycles. The van der Waals surface area contributed by atoms with Gasteiger partial charge < -0.3 is 26.8 Å². The van der Waals surface area contributed by atoms with E-state index >= 15 is 0 Å². The average molecular weight is 567 g/mol. The van der Waals surface area contributed by atoms with Crippen LogP contribution in [0.15, 0.2) is 78.2 Å². The Kier molecular flexibility index (Phi) is 13.9. The molecule has 3 aromatic rings. The molecule has 216 valence electrons. The lowest BCUT2D eigenvalue weighted by Gasteiger charge is -2.20. The summed E-state index contributed by atoms with van der Waals surface area (Å²) in [5.74, 6) is -0.416. The first-order valence-electron chi connectivity index (χ1n) is 13.5. The zero-order chi connectivity index (χ0) is 29.4. The quantitative estimate of drug-likeness (QED) is 0.227. The number of primary amides is 1. The fourth-order valence-electron chi connectivity index (χ4n) is 3.72.